The summed E-state index contributed by atoms with van der Waals surface area (Å²) in [5.74, 6) is 2.21. The lowest BCUT2D eigenvalue weighted by Gasteiger charge is -2.33. The Hall–Kier alpha value is -1.36. The molecule has 0 saturated carbocycles. The highest BCUT2D eigenvalue weighted by Crippen LogP contribution is 2.22. The van der Waals surface area contributed by atoms with E-state index in [1.54, 1.807) is 13.3 Å². The van der Waals surface area contributed by atoms with Gasteiger partial charge in [0.15, 0.2) is 5.82 Å². The lowest BCUT2D eigenvalue weighted by Crippen LogP contribution is -2.40. The lowest BCUT2D eigenvalue weighted by atomic mass is 9.98. The summed E-state index contributed by atoms with van der Waals surface area (Å²) in [6.45, 7) is 6.38. The van der Waals surface area contributed by atoms with E-state index in [2.05, 4.69) is 27.1 Å². The molecule has 1 aromatic rings. The van der Waals surface area contributed by atoms with Crippen LogP contribution in [0.5, 0.6) is 5.88 Å². The van der Waals surface area contributed by atoms with Gasteiger partial charge in [0.05, 0.1) is 19.5 Å². The summed E-state index contributed by atoms with van der Waals surface area (Å²) < 4.78 is 5.12. The second kappa shape index (κ2) is 6.54. The summed E-state index contributed by atoms with van der Waals surface area (Å²) in [4.78, 5) is 10.9. The molecule has 1 unspecified atom stereocenters. The molecule has 1 aliphatic rings. The van der Waals surface area contributed by atoms with Gasteiger partial charge in [-0.3, -0.25) is 4.98 Å². The number of anilines is 1. The predicted octanol–water partition coefficient (Wildman–Crippen LogP) is 1.31. The Labute approximate surface area is 109 Å². The average molecular weight is 250 g/mol. The molecule has 1 N–H and O–H groups in total. The topological polar surface area (TPSA) is 50.3 Å². The van der Waals surface area contributed by atoms with Crippen LogP contribution >= 0.6 is 0 Å². The van der Waals surface area contributed by atoms with Gasteiger partial charge in [-0.25, -0.2) is 0 Å². The molecule has 18 heavy (non-hydrogen) atoms. The Bertz CT molecular complexity index is 372. The van der Waals surface area contributed by atoms with E-state index in [1.165, 1.54) is 12.8 Å². The quantitative estimate of drug-likeness (QED) is 0.854. The standard InChI is InChI=1S/C13H22N4O/c1-3-14-7-11-5-4-6-17(10-11)12-8-15-9-13(16-12)18-2/h8-9,11,14H,3-7,10H2,1-2H3. The van der Waals surface area contributed by atoms with Crippen LogP contribution < -0.4 is 15.0 Å². The van der Waals surface area contributed by atoms with E-state index in [0.717, 1.165) is 32.0 Å². The molecule has 2 rings (SSSR count). The highest BCUT2D eigenvalue weighted by atomic mass is 16.5. The normalized spacial score (nSPS) is 19.9. The number of piperidine rings is 1. The van der Waals surface area contributed by atoms with Gasteiger partial charge in [-0.1, -0.05) is 6.92 Å². The second-order valence-corrected chi connectivity index (χ2v) is 4.68. The number of aromatic nitrogens is 2. The van der Waals surface area contributed by atoms with Crippen molar-refractivity contribution in [3.63, 3.8) is 0 Å². The minimum Gasteiger partial charge on any atom is -0.480 e. The van der Waals surface area contributed by atoms with Gasteiger partial charge in [0.25, 0.3) is 0 Å². The number of rotatable bonds is 5. The van der Waals surface area contributed by atoms with E-state index in [4.69, 9.17) is 4.74 Å². The molecule has 0 bridgehead atoms. The molecule has 100 valence electrons. The first kappa shape index (κ1) is 13.1. The molecule has 1 saturated heterocycles. The maximum absolute atomic E-state index is 5.12. The molecular weight excluding hydrogens is 228 g/mol. The van der Waals surface area contributed by atoms with Gasteiger partial charge in [0, 0.05) is 13.1 Å². The van der Waals surface area contributed by atoms with E-state index < -0.39 is 0 Å². The highest BCUT2D eigenvalue weighted by molar-refractivity contribution is 5.38. The minimum absolute atomic E-state index is 0.585. The van der Waals surface area contributed by atoms with Crippen LogP contribution in [0.25, 0.3) is 0 Å². The molecule has 0 aromatic carbocycles. The Balaban J connectivity index is 1.98. The van der Waals surface area contributed by atoms with Crippen LogP contribution in [-0.2, 0) is 0 Å². The van der Waals surface area contributed by atoms with Crippen LogP contribution in [0.4, 0.5) is 5.82 Å². The van der Waals surface area contributed by atoms with Gasteiger partial charge in [0.1, 0.15) is 0 Å². The molecule has 5 heteroatoms. The number of hydrogen-bond donors (Lipinski definition) is 1. The number of nitrogens with one attached hydrogen (secondary N) is 1. The third kappa shape index (κ3) is 3.32. The average Bonchev–Trinajstić information content (AvgIpc) is 2.45. The van der Waals surface area contributed by atoms with Crippen LogP contribution in [0.1, 0.15) is 19.8 Å². The van der Waals surface area contributed by atoms with E-state index in [9.17, 15) is 0 Å². The fourth-order valence-electron chi connectivity index (χ4n) is 2.38. The zero-order valence-electron chi connectivity index (χ0n) is 11.2. The van der Waals surface area contributed by atoms with E-state index >= 15 is 0 Å². The van der Waals surface area contributed by atoms with Gasteiger partial charge < -0.3 is 15.0 Å². The van der Waals surface area contributed by atoms with Crippen LogP contribution in [0, 0.1) is 5.92 Å². The third-order valence-electron chi connectivity index (χ3n) is 3.33. The van der Waals surface area contributed by atoms with E-state index in [0.29, 0.717) is 11.8 Å². The van der Waals surface area contributed by atoms with Crippen molar-refractivity contribution >= 4 is 5.82 Å². The molecule has 5 nitrogen and oxygen atoms in total. The molecule has 1 aromatic heterocycles. The fraction of sp³-hybridized carbons (Fsp3) is 0.692. The first-order chi connectivity index (χ1) is 8.83. The first-order valence-electron chi connectivity index (χ1n) is 6.65. The monoisotopic (exact) mass is 250 g/mol. The van der Waals surface area contributed by atoms with Crippen molar-refractivity contribution < 1.29 is 4.74 Å². The molecule has 0 amide bonds. The van der Waals surface area contributed by atoms with Crippen LogP contribution in [0.2, 0.25) is 0 Å². The van der Waals surface area contributed by atoms with E-state index in [1.807, 2.05) is 6.20 Å². The maximum atomic E-state index is 5.12. The zero-order chi connectivity index (χ0) is 12.8. The number of nitrogens with zero attached hydrogens (tertiary/aromatic N) is 3. The van der Waals surface area contributed by atoms with Crippen LogP contribution in [-0.4, -0.2) is 43.3 Å². The molecule has 1 aliphatic heterocycles. The molecule has 0 spiro atoms. The second-order valence-electron chi connectivity index (χ2n) is 4.68. The lowest BCUT2D eigenvalue weighted by molar-refractivity contribution is 0.384. The number of hydrogen-bond acceptors (Lipinski definition) is 5. The van der Waals surface area contributed by atoms with Crippen LogP contribution in [0.3, 0.4) is 0 Å². The summed E-state index contributed by atoms with van der Waals surface area (Å²) in [6.07, 6.45) is 5.97. The van der Waals surface area contributed by atoms with Crippen molar-refractivity contribution in [2.75, 3.05) is 38.2 Å². The third-order valence-corrected chi connectivity index (χ3v) is 3.33. The molecule has 1 atom stereocenters. The summed E-state index contributed by atoms with van der Waals surface area (Å²) in [5.41, 5.74) is 0. The highest BCUT2D eigenvalue weighted by Gasteiger charge is 2.20. The fourth-order valence-corrected chi connectivity index (χ4v) is 2.38. The SMILES string of the molecule is CCNCC1CCCN(c2cncc(OC)n2)C1. The first-order valence-corrected chi connectivity index (χ1v) is 6.65. The van der Waals surface area contributed by atoms with Gasteiger partial charge in [-0.2, -0.15) is 4.98 Å². The smallest absolute Gasteiger partial charge is 0.233 e. The van der Waals surface area contributed by atoms with Crippen molar-refractivity contribution in [3.05, 3.63) is 12.4 Å². The summed E-state index contributed by atoms with van der Waals surface area (Å²) in [7, 11) is 1.62. The Morgan fingerprint density at radius 1 is 1.50 bits per heavy atom. The van der Waals surface area contributed by atoms with E-state index in [-0.39, 0.29) is 0 Å². The molecule has 0 aliphatic carbocycles. The van der Waals surface area contributed by atoms with Crippen molar-refractivity contribution in [3.8, 4) is 5.88 Å². The van der Waals surface area contributed by atoms with Crippen molar-refractivity contribution in [1.82, 2.24) is 15.3 Å². The summed E-state index contributed by atoms with van der Waals surface area (Å²) >= 11 is 0. The van der Waals surface area contributed by atoms with Crippen LogP contribution in [0.15, 0.2) is 12.4 Å². The minimum atomic E-state index is 0.585. The van der Waals surface area contributed by atoms with Crippen molar-refractivity contribution in [1.29, 1.82) is 0 Å². The van der Waals surface area contributed by atoms with Gasteiger partial charge in [-0.05, 0) is 31.8 Å². The van der Waals surface area contributed by atoms with Gasteiger partial charge in [-0.15, -0.1) is 0 Å². The number of methoxy groups -OCH3 is 1. The Morgan fingerprint density at radius 3 is 3.17 bits per heavy atom. The maximum Gasteiger partial charge on any atom is 0.233 e. The summed E-state index contributed by atoms with van der Waals surface area (Å²) in [6, 6.07) is 0. The molecule has 2 heterocycles. The van der Waals surface area contributed by atoms with Gasteiger partial charge >= 0.3 is 0 Å². The van der Waals surface area contributed by atoms with Crippen molar-refractivity contribution in [2.45, 2.75) is 19.8 Å². The largest absolute Gasteiger partial charge is 0.480 e. The van der Waals surface area contributed by atoms with Crippen molar-refractivity contribution in [2.24, 2.45) is 5.92 Å². The van der Waals surface area contributed by atoms with Gasteiger partial charge in [0.2, 0.25) is 5.88 Å². The predicted molar refractivity (Wildman–Crippen MR) is 72.1 cm³/mol. The molecular formula is C13H22N4O. The molecule has 0 radical (unpaired) electrons. The zero-order valence-corrected chi connectivity index (χ0v) is 11.2. The Kier molecular flexibility index (Phi) is 4.75. The number of ether oxygens (including phenoxy) is 1. The summed E-state index contributed by atoms with van der Waals surface area (Å²) in [5, 5.41) is 3.43. The molecule has 1 fully saturated rings. The Morgan fingerprint density at radius 2 is 2.39 bits per heavy atom.